The summed E-state index contributed by atoms with van der Waals surface area (Å²) in [7, 11) is 0. The zero-order valence-electron chi connectivity index (χ0n) is 13.3. The molecule has 0 aliphatic rings. The minimum atomic E-state index is 0.498. The van der Waals surface area contributed by atoms with Gasteiger partial charge in [0.2, 0.25) is 0 Å². The van der Waals surface area contributed by atoms with Gasteiger partial charge in [-0.1, -0.05) is 86.5 Å². The maximum atomic E-state index is 2.40. The largest absolute Gasteiger partial charge is 0.0654 e. The predicted octanol–water partition coefficient (Wildman–Crippen LogP) is 6.45. The van der Waals surface area contributed by atoms with Crippen molar-refractivity contribution >= 4 is 0 Å². The molecule has 0 aromatic rings. The van der Waals surface area contributed by atoms with E-state index in [1.807, 2.05) is 0 Å². The van der Waals surface area contributed by atoms with Crippen molar-refractivity contribution in [2.24, 2.45) is 17.3 Å². The molecule has 2 atom stereocenters. The summed E-state index contributed by atoms with van der Waals surface area (Å²) in [5, 5.41) is 0. The zero-order chi connectivity index (χ0) is 13.3. The van der Waals surface area contributed by atoms with Gasteiger partial charge in [0, 0.05) is 0 Å². The van der Waals surface area contributed by atoms with Gasteiger partial charge in [-0.25, -0.2) is 0 Å². The monoisotopic (exact) mass is 240 g/mol. The van der Waals surface area contributed by atoms with Crippen LogP contribution in [0.15, 0.2) is 0 Å². The minimum Gasteiger partial charge on any atom is -0.0654 e. The lowest BCUT2D eigenvalue weighted by Gasteiger charge is -2.32. The Hall–Kier alpha value is 0. The van der Waals surface area contributed by atoms with Crippen LogP contribution in [0.2, 0.25) is 0 Å². The van der Waals surface area contributed by atoms with Gasteiger partial charge in [0.25, 0.3) is 0 Å². The Morgan fingerprint density at radius 2 is 1.41 bits per heavy atom. The van der Waals surface area contributed by atoms with Gasteiger partial charge in [0.05, 0.1) is 0 Å². The molecule has 0 rings (SSSR count). The SMILES string of the molecule is CCCCCC(CC)C(CCC)CC(C)(C)C. The van der Waals surface area contributed by atoms with Gasteiger partial charge in [-0.15, -0.1) is 0 Å². The van der Waals surface area contributed by atoms with E-state index < -0.39 is 0 Å². The van der Waals surface area contributed by atoms with Crippen LogP contribution in [0.3, 0.4) is 0 Å². The average Bonchev–Trinajstić information content (AvgIpc) is 2.22. The highest BCUT2D eigenvalue weighted by Crippen LogP contribution is 2.35. The van der Waals surface area contributed by atoms with E-state index in [0.717, 1.165) is 11.8 Å². The molecule has 0 amide bonds. The summed E-state index contributed by atoms with van der Waals surface area (Å²) >= 11 is 0. The number of hydrogen-bond donors (Lipinski definition) is 0. The zero-order valence-corrected chi connectivity index (χ0v) is 13.3. The van der Waals surface area contributed by atoms with E-state index in [9.17, 15) is 0 Å². The molecular weight excluding hydrogens is 204 g/mol. The van der Waals surface area contributed by atoms with E-state index in [1.165, 1.54) is 51.4 Å². The quantitative estimate of drug-likeness (QED) is 0.406. The highest BCUT2D eigenvalue weighted by atomic mass is 14.3. The third kappa shape index (κ3) is 8.69. The topological polar surface area (TPSA) is 0 Å². The number of rotatable bonds is 9. The van der Waals surface area contributed by atoms with Gasteiger partial charge >= 0.3 is 0 Å². The molecule has 0 nitrogen and oxygen atoms in total. The van der Waals surface area contributed by atoms with Crippen LogP contribution >= 0.6 is 0 Å². The molecule has 17 heavy (non-hydrogen) atoms. The predicted molar refractivity (Wildman–Crippen MR) is 80.4 cm³/mol. The minimum absolute atomic E-state index is 0.498. The molecule has 0 spiro atoms. The highest BCUT2D eigenvalue weighted by molar-refractivity contribution is 4.75. The average molecular weight is 240 g/mol. The molecule has 0 aromatic carbocycles. The standard InChI is InChI=1S/C17H36/c1-7-10-11-13-15(9-3)16(12-8-2)14-17(4,5)6/h15-16H,7-14H2,1-6H3. The third-order valence-corrected chi connectivity index (χ3v) is 3.90. The molecule has 0 bridgehead atoms. The Labute approximate surface area is 111 Å². The fraction of sp³-hybridized carbons (Fsp3) is 1.00. The first-order valence-corrected chi connectivity index (χ1v) is 7.94. The van der Waals surface area contributed by atoms with E-state index >= 15 is 0 Å². The molecule has 104 valence electrons. The Balaban J connectivity index is 4.30. The van der Waals surface area contributed by atoms with Crippen molar-refractivity contribution in [1.82, 2.24) is 0 Å². The summed E-state index contributed by atoms with van der Waals surface area (Å²) in [6.45, 7) is 14.2. The number of unbranched alkanes of at least 4 members (excludes halogenated alkanes) is 2. The van der Waals surface area contributed by atoms with Crippen LogP contribution < -0.4 is 0 Å². The van der Waals surface area contributed by atoms with Gasteiger partial charge in [-0.2, -0.15) is 0 Å². The summed E-state index contributed by atoms with van der Waals surface area (Å²) in [5.41, 5.74) is 0.498. The van der Waals surface area contributed by atoms with Crippen molar-refractivity contribution in [3.63, 3.8) is 0 Å². The summed E-state index contributed by atoms with van der Waals surface area (Å²) in [6, 6.07) is 0. The van der Waals surface area contributed by atoms with Gasteiger partial charge in [-0.3, -0.25) is 0 Å². The lowest BCUT2D eigenvalue weighted by molar-refractivity contribution is 0.193. The molecule has 0 aliphatic carbocycles. The molecule has 0 fully saturated rings. The Morgan fingerprint density at radius 1 is 0.765 bits per heavy atom. The molecule has 0 heterocycles. The molecular formula is C17H36. The van der Waals surface area contributed by atoms with E-state index in [4.69, 9.17) is 0 Å². The van der Waals surface area contributed by atoms with Crippen molar-refractivity contribution in [2.75, 3.05) is 0 Å². The molecule has 0 radical (unpaired) electrons. The molecule has 0 aromatic heterocycles. The summed E-state index contributed by atoms with van der Waals surface area (Å²) < 4.78 is 0. The normalized spacial score (nSPS) is 15.9. The van der Waals surface area contributed by atoms with E-state index in [-0.39, 0.29) is 0 Å². The Bertz CT molecular complexity index is 163. The first-order valence-electron chi connectivity index (χ1n) is 7.94. The molecule has 0 heteroatoms. The van der Waals surface area contributed by atoms with E-state index in [1.54, 1.807) is 0 Å². The van der Waals surface area contributed by atoms with Crippen LogP contribution in [0.1, 0.15) is 92.9 Å². The summed E-state index contributed by atoms with van der Waals surface area (Å²) in [4.78, 5) is 0. The molecule has 0 N–H and O–H groups in total. The third-order valence-electron chi connectivity index (χ3n) is 3.90. The number of hydrogen-bond acceptors (Lipinski definition) is 0. The van der Waals surface area contributed by atoms with E-state index in [2.05, 4.69) is 41.5 Å². The van der Waals surface area contributed by atoms with Crippen molar-refractivity contribution < 1.29 is 0 Å². The molecule has 0 aliphatic heterocycles. The van der Waals surface area contributed by atoms with Gasteiger partial charge in [0.15, 0.2) is 0 Å². The van der Waals surface area contributed by atoms with E-state index in [0.29, 0.717) is 5.41 Å². The lowest BCUT2D eigenvalue weighted by atomic mass is 9.74. The Kier molecular flexibility index (Phi) is 9.00. The first kappa shape index (κ1) is 17.0. The fourth-order valence-corrected chi connectivity index (χ4v) is 3.09. The van der Waals surface area contributed by atoms with Crippen LogP contribution in [0.25, 0.3) is 0 Å². The smallest absolute Gasteiger partial charge is 0.0380 e. The van der Waals surface area contributed by atoms with Crippen LogP contribution in [0.4, 0.5) is 0 Å². The van der Waals surface area contributed by atoms with Gasteiger partial charge < -0.3 is 0 Å². The van der Waals surface area contributed by atoms with Crippen LogP contribution in [0.5, 0.6) is 0 Å². The van der Waals surface area contributed by atoms with Gasteiger partial charge in [-0.05, 0) is 23.7 Å². The second kappa shape index (κ2) is 9.00. The molecule has 0 saturated carbocycles. The van der Waals surface area contributed by atoms with Crippen molar-refractivity contribution in [2.45, 2.75) is 92.9 Å². The molecule has 0 saturated heterocycles. The second-order valence-corrected chi connectivity index (χ2v) is 6.98. The summed E-state index contributed by atoms with van der Waals surface area (Å²) in [5.74, 6) is 1.93. The summed E-state index contributed by atoms with van der Waals surface area (Å²) in [6.07, 6.45) is 11.3. The first-order chi connectivity index (χ1) is 7.94. The second-order valence-electron chi connectivity index (χ2n) is 6.98. The highest BCUT2D eigenvalue weighted by Gasteiger charge is 2.24. The maximum absolute atomic E-state index is 2.40. The lowest BCUT2D eigenvalue weighted by Crippen LogP contribution is -2.21. The molecule has 2 unspecified atom stereocenters. The Morgan fingerprint density at radius 3 is 1.82 bits per heavy atom. The van der Waals surface area contributed by atoms with Crippen LogP contribution in [-0.4, -0.2) is 0 Å². The van der Waals surface area contributed by atoms with Crippen LogP contribution in [0, 0.1) is 17.3 Å². The van der Waals surface area contributed by atoms with Crippen molar-refractivity contribution in [1.29, 1.82) is 0 Å². The fourth-order valence-electron chi connectivity index (χ4n) is 3.09. The van der Waals surface area contributed by atoms with Gasteiger partial charge in [0.1, 0.15) is 0 Å². The van der Waals surface area contributed by atoms with Crippen molar-refractivity contribution in [3.05, 3.63) is 0 Å². The van der Waals surface area contributed by atoms with Crippen molar-refractivity contribution in [3.8, 4) is 0 Å². The van der Waals surface area contributed by atoms with Crippen LogP contribution in [-0.2, 0) is 0 Å². The maximum Gasteiger partial charge on any atom is -0.0380 e.